The number of nitrogens with zero attached hydrogens (tertiary/aromatic N) is 1. The molecule has 1 aliphatic rings. The van der Waals surface area contributed by atoms with Crippen molar-refractivity contribution in [1.29, 1.82) is 0 Å². The average Bonchev–Trinajstić information content (AvgIpc) is 2.86. The summed E-state index contributed by atoms with van der Waals surface area (Å²) in [5, 5.41) is 3.26. The third-order valence-corrected chi connectivity index (χ3v) is 6.14. The molecular formula is C25H31N3O5S. The van der Waals surface area contributed by atoms with Gasteiger partial charge in [0.2, 0.25) is 0 Å². The molecule has 34 heavy (non-hydrogen) atoms. The van der Waals surface area contributed by atoms with E-state index in [1.165, 1.54) is 20.6 Å². The number of hydrogen-bond donors (Lipinski definition) is 2. The van der Waals surface area contributed by atoms with Gasteiger partial charge in [0.05, 0.1) is 19.8 Å². The van der Waals surface area contributed by atoms with Gasteiger partial charge in [-0.2, -0.15) is 0 Å². The zero-order valence-electron chi connectivity index (χ0n) is 19.5. The molecule has 0 bridgehead atoms. The molecule has 3 N–H and O–H groups in total. The number of para-hydroxylation sites is 1. The second-order valence-electron chi connectivity index (χ2n) is 8.12. The number of benzene rings is 2. The lowest BCUT2D eigenvalue weighted by Crippen LogP contribution is -2.48. The predicted molar refractivity (Wildman–Crippen MR) is 133 cm³/mol. The maximum Gasteiger partial charge on any atom is 0.261 e. The van der Waals surface area contributed by atoms with Gasteiger partial charge in [0.15, 0.2) is 23.2 Å². The summed E-state index contributed by atoms with van der Waals surface area (Å²) < 4.78 is 16.2. The minimum Gasteiger partial charge on any atom is -0.496 e. The molecule has 1 saturated carbocycles. The van der Waals surface area contributed by atoms with Crippen LogP contribution in [-0.4, -0.2) is 48.7 Å². The third kappa shape index (κ3) is 6.60. The Labute approximate surface area is 205 Å². The summed E-state index contributed by atoms with van der Waals surface area (Å²) in [6.45, 7) is 0.255. The van der Waals surface area contributed by atoms with Crippen molar-refractivity contribution in [3.8, 4) is 17.2 Å². The quantitative estimate of drug-likeness (QED) is 0.525. The van der Waals surface area contributed by atoms with Gasteiger partial charge in [0, 0.05) is 12.6 Å². The fourth-order valence-electron chi connectivity index (χ4n) is 4.10. The molecule has 3 rings (SSSR count). The molecule has 0 radical (unpaired) electrons. The van der Waals surface area contributed by atoms with Crippen molar-refractivity contribution in [2.45, 2.75) is 44.7 Å². The molecule has 1 fully saturated rings. The van der Waals surface area contributed by atoms with Crippen LogP contribution in [0.1, 0.15) is 48.0 Å². The lowest BCUT2D eigenvalue weighted by atomic mass is 9.94. The van der Waals surface area contributed by atoms with Crippen molar-refractivity contribution in [2.75, 3.05) is 20.8 Å². The summed E-state index contributed by atoms with van der Waals surface area (Å²) in [7, 11) is 3.07. The minimum atomic E-state index is -0.564. The first-order valence-electron chi connectivity index (χ1n) is 11.3. The summed E-state index contributed by atoms with van der Waals surface area (Å²) in [6, 6.07) is 12.7. The van der Waals surface area contributed by atoms with Gasteiger partial charge in [-0.05, 0) is 54.9 Å². The van der Waals surface area contributed by atoms with E-state index in [0.29, 0.717) is 34.5 Å². The summed E-state index contributed by atoms with van der Waals surface area (Å²) in [4.78, 5) is 26.1. The molecule has 0 heterocycles. The van der Waals surface area contributed by atoms with Crippen molar-refractivity contribution in [2.24, 2.45) is 5.73 Å². The number of primary amides is 1. The first-order chi connectivity index (χ1) is 16.4. The van der Waals surface area contributed by atoms with Crippen molar-refractivity contribution < 1.29 is 23.8 Å². The summed E-state index contributed by atoms with van der Waals surface area (Å²) in [5.74, 6) is 0.540. The Balaban J connectivity index is 1.80. The van der Waals surface area contributed by atoms with Crippen molar-refractivity contribution >= 4 is 29.1 Å². The molecule has 9 heteroatoms. The highest BCUT2D eigenvalue weighted by atomic mass is 32.1. The van der Waals surface area contributed by atoms with Crippen LogP contribution in [0.2, 0.25) is 0 Å². The van der Waals surface area contributed by atoms with E-state index in [9.17, 15) is 9.59 Å². The number of amides is 2. The average molecular weight is 486 g/mol. The highest BCUT2D eigenvalue weighted by Crippen LogP contribution is 2.30. The Morgan fingerprint density at radius 2 is 1.74 bits per heavy atom. The molecular weight excluding hydrogens is 454 g/mol. The number of hydrogen-bond acceptors (Lipinski definition) is 6. The maximum absolute atomic E-state index is 13.0. The molecule has 8 nitrogen and oxygen atoms in total. The highest BCUT2D eigenvalue weighted by molar-refractivity contribution is 7.80. The van der Waals surface area contributed by atoms with Crippen LogP contribution in [0.25, 0.3) is 0 Å². The first-order valence-corrected chi connectivity index (χ1v) is 11.7. The van der Waals surface area contributed by atoms with Gasteiger partial charge in [0.1, 0.15) is 5.75 Å². The van der Waals surface area contributed by atoms with Gasteiger partial charge in [0.25, 0.3) is 11.8 Å². The van der Waals surface area contributed by atoms with Gasteiger partial charge in [-0.3, -0.25) is 14.9 Å². The van der Waals surface area contributed by atoms with Gasteiger partial charge < -0.3 is 24.8 Å². The highest BCUT2D eigenvalue weighted by Gasteiger charge is 2.26. The second kappa shape index (κ2) is 12.2. The Morgan fingerprint density at radius 3 is 2.41 bits per heavy atom. The van der Waals surface area contributed by atoms with Crippen LogP contribution < -0.4 is 25.3 Å². The fraction of sp³-hybridized carbons (Fsp3) is 0.400. The molecule has 0 atom stereocenters. The summed E-state index contributed by atoms with van der Waals surface area (Å²) >= 11 is 5.71. The monoisotopic (exact) mass is 485 g/mol. The van der Waals surface area contributed by atoms with Gasteiger partial charge >= 0.3 is 0 Å². The molecule has 0 saturated heterocycles. The number of methoxy groups -OCH3 is 2. The van der Waals surface area contributed by atoms with Crippen molar-refractivity contribution in [3.63, 3.8) is 0 Å². The van der Waals surface area contributed by atoms with E-state index >= 15 is 0 Å². The number of rotatable bonds is 9. The molecule has 182 valence electrons. The van der Waals surface area contributed by atoms with Crippen LogP contribution >= 0.6 is 12.2 Å². The summed E-state index contributed by atoms with van der Waals surface area (Å²) in [5.41, 5.74) is 6.53. The van der Waals surface area contributed by atoms with Crippen LogP contribution in [0.3, 0.4) is 0 Å². The van der Waals surface area contributed by atoms with Gasteiger partial charge in [-0.15, -0.1) is 0 Å². The molecule has 2 amide bonds. The van der Waals surface area contributed by atoms with E-state index in [2.05, 4.69) is 10.2 Å². The van der Waals surface area contributed by atoms with Gasteiger partial charge in [-0.25, -0.2) is 0 Å². The molecule has 0 unspecified atom stereocenters. The topological polar surface area (TPSA) is 103 Å². The number of carbonyl (C=O) groups excluding carboxylic acids is 2. The molecule has 1 aliphatic carbocycles. The smallest absolute Gasteiger partial charge is 0.261 e. The van der Waals surface area contributed by atoms with Gasteiger partial charge in [-0.1, -0.05) is 37.5 Å². The Bertz CT molecular complexity index is 1020. The Hall–Kier alpha value is -3.33. The van der Waals surface area contributed by atoms with Crippen LogP contribution in [0.15, 0.2) is 42.5 Å². The first kappa shape index (κ1) is 25.3. The molecule has 2 aromatic rings. The zero-order chi connectivity index (χ0) is 24.5. The van der Waals surface area contributed by atoms with Crippen molar-refractivity contribution in [3.05, 3.63) is 53.6 Å². The maximum atomic E-state index is 13.0. The number of nitrogens with one attached hydrogen (secondary N) is 1. The lowest BCUT2D eigenvalue weighted by molar-refractivity contribution is -0.119. The second-order valence-corrected chi connectivity index (χ2v) is 8.51. The Morgan fingerprint density at radius 1 is 1.03 bits per heavy atom. The van der Waals surface area contributed by atoms with E-state index in [1.807, 2.05) is 18.2 Å². The van der Waals surface area contributed by atoms with Crippen LogP contribution in [0, 0.1) is 0 Å². The third-order valence-electron chi connectivity index (χ3n) is 5.80. The summed E-state index contributed by atoms with van der Waals surface area (Å²) in [6.07, 6.45) is 5.44. The van der Waals surface area contributed by atoms with Crippen LogP contribution in [0.4, 0.5) is 0 Å². The predicted octanol–water partition coefficient (Wildman–Crippen LogP) is 3.42. The van der Waals surface area contributed by atoms with E-state index < -0.39 is 5.91 Å². The largest absolute Gasteiger partial charge is 0.496 e. The van der Waals surface area contributed by atoms with Crippen LogP contribution in [0.5, 0.6) is 17.2 Å². The molecule has 2 aromatic carbocycles. The Kier molecular flexibility index (Phi) is 9.09. The fourth-order valence-corrected chi connectivity index (χ4v) is 4.41. The van der Waals surface area contributed by atoms with E-state index in [4.69, 9.17) is 32.2 Å². The van der Waals surface area contributed by atoms with E-state index in [1.54, 1.807) is 24.3 Å². The zero-order valence-corrected chi connectivity index (χ0v) is 20.4. The normalized spacial score (nSPS) is 13.6. The molecule has 0 aromatic heterocycles. The SMILES string of the molecule is COc1cc(CN(C(=S)NC(=O)c2ccccc2OC)C2CCCCC2)ccc1OCC(N)=O. The number of thiocarbonyl (C=S) groups is 1. The van der Waals surface area contributed by atoms with Crippen molar-refractivity contribution in [1.82, 2.24) is 10.2 Å². The number of carbonyl (C=O) groups is 2. The number of ether oxygens (including phenoxy) is 3. The minimum absolute atomic E-state index is 0.219. The van der Waals surface area contributed by atoms with E-state index in [0.717, 1.165) is 31.2 Å². The number of nitrogens with two attached hydrogens (primary N) is 1. The molecule has 0 spiro atoms. The van der Waals surface area contributed by atoms with E-state index in [-0.39, 0.29) is 18.6 Å². The molecule has 0 aliphatic heterocycles. The van der Waals surface area contributed by atoms with Crippen LogP contribution in [-0.2, 0) is 11.3 Å². The standard InChI is InChI=1S/C25H31N3O5S/c1-31-20-11-7-6-10-19(20)24(30)27-25(34)28(18-8-4-3-5-9-18)15-17-12-13-21(22(14-17)32-2)33-16-23(26)29/h6-7,10-14,18H,3-5,8-9,15-16H2,1-2H3,(H2,26,29)(H,27,30,34). The lowest BCUT2D eigenvalue weighted by Gasteiger charge is -2.36.